The average Bonchev–Trinajstić information content (AvgIpc) is 2.27. The number of carbonyl (C=O) groups excluding carboxylic acids is 1. The fraction of sp³-hybridized carbons (Fsp3) is 0.500. The number of Topliss-reactive ketones (excluding diaryl/α,β-unsaturated/α-hetero) is 1. The van der Waals surface area contributed by atoms with Crippen molar-refractivity contribution in [3.05, 3.63) is 29.6 Å². The molecule has 0 aromatic carbocycles. The van der Waals surface area contributed by atoms with E-state index in [0.29, 0.717) is 5.69 Å². The Labute approximate surface area is 97.9 Å². The first-order valence-electron chi connectivity index (χ1n) is 5.43. The Kier molecular flexibility index (Phi) is 4.66. The van der Waals surface area contributed by atoms with Gasteiger partial charge in [-0.2, -0.15) is 13.2 Å². The second-order valence-electron chi connectivity index (χ2n) is 3.84. The number of aryl methyl sites for hydroxylation is 1. The van der Waals surface area contributed by atoms with Crippen LogP contribution in [0.15, 0.2) is 18.3 Å². The number of aromatic nitrogens is 1. The topological polar surface area (TPSA) is 30.0 Å². The lowest BCUT2D eigenvalue weighted by molar-refractivity contribution is -0.143. The molecule has 0 fully saturated rings. The molecule has 2 nitrogen and oxygen atoms in total. The van der Waals surface area contributed by atoms with Crippen molar-refractivity contribution in [3.63, 3.8) is 0 Å². The highest BCUT2D eigenvalue weighted by atomic mass is 19.4. The molecule has 17 heavy (non-hydrogen) atoms. The standard InChI is InChI=1S/C12H14F3NO/c1-2-9-3-4-10(16-8-9)7-11(17)5-6-12(13,14)15/h3-4,8H,2,5-7H2,1H3. The molecule has 0 saturated carbocycles. The van der Waals surface area contributed by atoms with Gasteiger partial charge in [-0.05, 0) is 18.1 Å². The van der Waals surface area contributed by atoms with E-state index < -0.39 is 24.8 Å². The Morgan fingerprint density at radius 3 is 2.53 bits per heavy atom. The van der Waals surface area contributed by atoms with Crippen molar-refractivity contribution >= 4 is 5.78 Å². The van der Waals surface area contributed by atoms with Crippen molar-refractivity contribution in [2.24, 2.45) is 0 Å². The van der Waals surface area contributed by atoms with Gasteiger partial charge < -0.3 is 0 Å². The van der Waals surface area contributed by atoms with E-state index in [2.05, 4.69) is 4.98 Å². The van der Waals surface area contributed by atoms with Gasteiger partial charge in [0.2, 0.25) is 0 Å². The molecule has 0 bridgehead atoms. The number of halogens is 3. The molecule has 94 valence electrons. The SMILES string of the molecule is CCc1ccc(CC(=O)CCC(F)(F)F)nc1. The van der Waals surface area contributed by atoms with E-state index >= 15 is 0 Å². The Hall–Kier alpha value is -1.39. The van der Waals surface area contributed by atoms with Crippen LogP contribution < -0.4 is 0 Å². The zero-order valence-electron chi connectivity index (χ0n) is 9.55. The summed E-state index contributed by atoms with van der Waals surface area (Å²) in [6.45, 7) is 1.98. The number of nitrogens with zero attached hydrogens (tertiary/aromatic N) is 1. The molecule has 0 amide bonds. The fourth-order valence-corrected chi connectivity index (χ4v) is 1.34. The van der Waals surface area contributed by atoms with Gasteiger partial charge in [0.1, 0.15) is 5.78 Å². The van der Waals surface area contributed by atoms with E-state index in [0.717, 1.165) is 12.0 Å². The third kappa shape index (κ3) is 5.47. The highest BCUT2D eigenvalue weighted by molar-refractivity contribution is 5.80. The van der Waals surface area contributed by atoms with Gasteiger partial charge in [-0.25, -0.2) is 0 Å². The Morgan fingerprint density at radius 1 is 1.35 bits per heavy atom. The molecule has 0 N–H and O–H groups in total. The van der Waals surface area contributed by atoms with Gasteiger partial charge in [-0.3, -0.25) is 9.78 Å². The molecule has 1 aromatic rings. The van der Waals surface area contributed by atoms with E-state index in [1.807, 2.05) is 13.0 Å². The molecule has 0 aliphatic rings. The van der Waals surface area contributed by atoms with Crippen molar-refractivity contribution < 1.29 is 18.0 Å². The Balaban J connectivity index is 2.45. The lowest BCUT2D eigenvalue weighted by atomic mass is 10.1. The van der Waals surface area contributed by atoms with Crippen molar-refractivity contribution in [1.82, 2.24) is 4.98 Å². The van der Waals surface area contributed by atoms with E-state index in [1.165, 1.54) is 0 Å². The minimum absolute atomic E-state index is 0.0277. The van der Waals surface area contributed by atoms with Gasteiger partial charge in [-0.15, -0.1) is 0 Å². The van der Waals surface area contributed by atoms with Gasteiger partial charge in [-0.1, -0.05) is 13.0 Å². The van der Waals surface area contributed by atoms with Crippen molar-refractivity contribution in [3.8, 4) is 0 Å². The monoisotopic (exact) mass is 245 g/mol. The highest BCUT2D eigenvalue weighted by Gasteiger charge is 2.27. The van der Waals surface area contributed by atoms with Gasteiger partial charge in [0.25, 0.3) is 0 Å². The van der Waals surface area contributed by atoms with Crippen LogP contribution in [0, 0.1) is 0 Å². The number of rotatable bonds is 5. The van der Waals surface area contributed by atoms with Crippen LogP contribution in [0.5, 0.6) is 0 Å². The van der Waals surface area contributed by atoms with E-state index in [1.54, 1.807) is 12.3 Å². The largest absolute Gasteiger partial charge is 0.389 e. The third-order valence-corrected chi connectivity index (χ3v) is 2.36. The van der Waals surface area contributed by atoms with Crippen LogP contribution in [-0.2, 0) is 17.6 Å². The molecule has 0 aliphatic carbocycles. The molecule has 0 spiro atoms. The predicted molar refractivity (Wildman–Crippen MR) is 57.6 cm³/mol. The maximum absolute atomic E-state index is 11.9. The first-order valence-corrected chi connectivity index (χ1v) is 5.43. The van der Waals surface area contributed by atoms with Crippen LogP contribution in [0.3, 0.4) is 0 Å². The van der Waals surface area contributed by atoms with Crippen molar-refractivity contribution in [1.29, 1.82) is 0 Å². The average molecular weight is 245 g/mol. The normalized spacial score (nSPS) is 11.5. The van der Waals surface area contributed by atoms with Crippen molar-refractivity contribution in [2.45, 2.75) is 38.8 Å². The summed E-state index contributed by atoms with van der Waals surface area (Å²) in [4.78, 5) is 15.3. The fourth-order valence-electron chi connectivity index (χ4n) is 1.34. The summed E-state index contributed by atoms with van der Waals surface area (Å²) in [5, 5.41) is 0. The summed E-state index contributed by atoms with van der Waals surface area (Å²) in [5.74, 6) is -0.431. The number of carbonyl (C=O) groups is 1. The number of pyridine rings is 1. The van der Waals surface area contributed by atoms with Crippen LogP contribution >= 0.6 is 0 Å². The molecular formula is C12H14F3NO. The molecule has 0 atom stereocenters. The van der Waals surface area contributed by atoms with Gasteiger partial charge in [0.15, 0.2) is 0 Å². The van der Waals surface area contributed by atoms with E-state index in [9.17, 15) is 18.0 Å². The number of ketones is 1. The predicted octanol–water partition coefficient (Wildman–Crippen LogP) is 3.10. The zero-order valence-corrected chi connectivity index (χ0v) is 9.55. The van der Waals surface area contributed by atoms with E-state index in [4.69, 9.17) is 0 Å². The van der Waals surface area contributed by atoms with Crippen LogP contribution in [0.1, 0.15) is 31.0 Å². The maximum atomic E-state index is 11.9. The molecule has 5 heteroatoms. The minimum Gasteiger partial charge on any atom is -0.299 e. The maximum Gasteiger partial charge on any atom is 0.389 e. The van der Waals surface area contributed by atoms with Crippen LogP contribution in [0.25, 0.3) is 0 Å². The molecule has 0 saturated heterocycles. The van der Waals surface area contributed by atoms with Gasteiger partial charge in [0.05, 0.1) is 6.42 Å². The van der Waals surface area contributed by atoms with Gasteiger partial charge in [0, 0.05) is 24.7 Å². The molecular weight excluding hydrogens is 231 g/mol. The summed E-state index contributed by atoms with van der Waals surface area (Å²) in [6.07, 6.45) is -3.34. The first-order chi connectivity index (χ1) is 7.90. The van der Waals surface area contributed by atoms with Gasteiger partial charge >= 0.3 is 6.18 Å². The second kappa shape index (κ2) is 5.80. The van der Waals surface area contributed by atoms with Crippen LogP contribution in [-0.4, -0.2) is 16.9 Å². The minimum atomic E-state index is -4.27. The Morgan fingerprint density at radius 2 is 2.06 bits per heavy atom. The molecule has 0 radical (unpaired) electrons. The third-order valence-electron chi connectivity index (χ3n) is 2.36. The molecule has 1 heterocycles. The lowest BCUT2D eigenvalue weighted by Crippen LogP contribution is -2.12. The molecule has 0 unspecified atom stereocenters. The van der Waals surface area contributed by atoms with E-state index in [-0.39, 0.29) is 6.42 Å². The second-order valence-corrected chi connectivity index (χ2v) is 3.84. The quantitative estimate of drug-likeness (QED) is 0.797. The number of hydrogen-bond acceptors (Lipinski definition) is 2. The van der Waals surface area contributed by atoms with Crippen LogP contribution in [0.4, 0.5) is 13.2 Å². The molecule has 1 aromatic heterocycles. The van der Waals surface area contributed by atoms with Crippen molar-refractivity contribution in [2.75, 3.05) is 0 Å². The Bertz CT molecular complexity index is 370. The molecule has 0 aliphatic heterocycles. The van der Waals surface area contributed by atoms with Crippen LogP contribution in [0.2, 0.25) is 0 Å². The number of hydrogen-bond donors (Lipinski definition) is 0. The summed E-state index contributed by atoms with van der Waals surface area (Å²) in [6, 6.07) is 3.52. The summed E-state index contributed by atoms with van der Waals surface area (Å²) in [5.41, 5.74) is 1.56. The summed E-state index contributed by atoms with van der Waals surface area (Å²) >= 11 is 0. The summed E-state index contributed by atoms with van der Waals surface area (Å²) < 4.78 is 35.7. The smallest absolute Gasteiger partial charge is 0.299 e. The highest BCUT2D eigenvalue weighted by Crippen LogP contribution is 2.21. The first kappa shape index (κ1) is 13.7. The summed E-state index contributed by atoms with van der Waals surface area (Å²) in [7, 11) is 0. The number of alkyl halides is 3. The zero-order chi connectivity index (χ0) is 12.9. The lowest BCUT2D eigenvalue weighted by Gasteiger charge is -2.05. The molecule has 1 rings (SSSR count).